The van der Waals surface area contributed by atoms with Crippen molar-refractivity contribution in [1.82, 2.24) is 5.32 Å². The fourth-order valence-electron chi connectivity index (χ4n) is 3.50. The Hall–Kier alpha value is -2.49. The second-order valence-electron chi connectivity index (χ2n) is 7.86. The molecule has 1 heterocycles. The van der Waals surface area contributed by atoms with Crippen molar-refractivity contribution < 1.29 is 4.79 Å². The number of carbonyl (C=O) groups excluding carboxylic acids is 1. The van der Waals surface area contributed by atoms with E-state index in [0.717, 1.165) is 28.0 Å². The van der Waals surface area contributed by atoms with Crippen molar-refractivity contribution in [3.63, 3.8) is 0 Å². The maximum atomic E-state index is 12.7. The van der Waals surface area contributed by atoms with E-state index in [9.17, 15) is 4.79 Å². The van der Waals surface area contributed by atoms with Crippen molar-refractivity contribution in [3.05, 3.63) is 94.0 Å². The summed E-state index contributed by atoms with van der Waals surface area (Å²) in [7, 11) is 0. The van der Waals surface area contributed by atoms with Gasteiger partial charge in [0.1, 0.15) is 0 Å². The summed E-state index contributed by atoms with van der Waals surface area (Å²) in [6.45, 7) is 5.01. The van der Waals surface area contributed by atoms with Gasteiger partial charge in [-0.05, 0) is 77.1 Å². The number of rotatable bonds is 5. The molecule has 0 aliphatic carbocycles. The molecule has 0 radical (unpaired) electrons. The van der Waals surface area contributed by atoms with Crippen molar-refractivity contribution in [2.75, 3.05) is 6.54 Å². The van der Waals surface area contributed by atoms with Crippen molar-refractivity contribution in [1.29, 1.82) is 0 Å². The van der Waals surface area contributed by atoms with Gasteiger partial charge in [0, 0.05) is 26.9 Å². The zero-order valence-corrected chi connectivity index (χ0v) is 18.7. The van der Waals surface area contributed by atoms with E-state index in [2.05, 4.69) is 55.6 Å². The van der Waals surface area contributed by atoms with Crippen molar-refractivity contribution in [3.8, 4) is 0 Å². The van der Waals surface area contributed by atoms with Crippen LogP contribution in [0.2, 0.25) is 5.02 Å². The second kappa shape index (κ2) is 9.11. The maximum Gasteiger partial charge on any atom is 0.251 e. The largest absolute Gasteiger partial charge is 0.352 e. The summed E-state index contributed by atoms with van der Waals surface area (Å²) >= 11 is 8.02. The molecule has 1 aliphatic rings. The summed E-state index contributed by atoms with van der Waals surface area (Å²) in [6.07, 6.45) is 3.14. The summed E-state index contributed by atoms with van der Waals surface area (Å²) < 4.78 is 0. The Morgan fingerprint density at radius 2 is 1.83 bits per heavy atom. The molecule has 0 atom stereocenters. The molecule has 1 N–H and O–H groups in total. The number of benzene rings is 3. The molecule has 2 nitrogen and oxygen atoms in total. The quantitative estimate of drug-likeness (QED) is 0.361. The Morgan fingerprint density at radius 3 is 2.63 bits per heavy atom. The molecule has 1 amide bonds. The highest BCUT2D eigenvalue weighted by molar-refractivity contribution is 7.99. The third kappa shape index (κ3) is 4.63. The lowest BCUT2D eigenvalue weighted by Gasteiger charge is -2.10. The third-order valence-electron chi connectivity index (χ3n) is 5.11. The minimum absolute atomic E-state index is 0.0251. The normalized spacial score (nSPS) is 12.6. The van der Waals surface area contributed by atoms with Crippen LogP contribution < -0.4 is 5.32 Å². The zero-order valence-electron chi connectivity index (χ0n) is 17.1. The molecule has 0 bridgehead atoms. The van der Waals surface area contributed by atoms with Gasteiger partial charge in [-0.25, -0.2) is 0 Å². The van der Waals surface area contributed by atoms with Crippen molar-refractivity contribution >= 4 is 40.9 Å². The molecule has 0 spiro atoms. The number of halogens is 1. The molecule has 0 aromatic heterocycles. The first-order chi connectivity index (χ1) is 14.5. The Balaban J connectivity index is 1.75. The van der Waals surface area contributed by atoms with Crippen LogP contribution in [0.15, 0.2) is 76.5 Å². The van der Waals surface area contributed by atoms with Gasteiger partial charge in [-0.1, -0.05) is 67.5 Å². The molecule has 30 heavy (non-hydrogen) atoms. The molecule has 0 unspecified atom stereocenters. The second-order valence-corrected chi connectivity index (χ2v) is 9.38. The van der Waals surface area contributed by atoms with Crippen LogP contribution in [0.25, 0.3) is 11.6 Å². The molecule has 0 fully saturated rings. The summed E-state index contributed by atoms with van der Waals surface area (Å²) in [5, 5.41) is 3.75. The molecule has 3 aromatic carbocycles. The predicted molar refractivity (Wildman–Crippen MR) is 127 cm³/mol. The van der Waals surface area contributed by atoms with Crippen LogP contribution in [0, 0.1) is 5.92 Å². The van der Waals surface area contributed by atoms with Gasteiger partial charge >= 0.3 is 0 Å². The molecular weight excluding hydrogens is 410 g/mol. The summed E-state index contributed by atoms with van der Waals surface area (Å²) in [5.41, 5.74) is 5.07. The topological polar surface area (TPSA) is 29.1 Å². The summed E-state index contributed by atoms with van der Waals surface area (Å²) in [6, 6.07) is 22.3. The SMILES string of the molecule is CC(C)CCNC(=O)c1ccc2c(c1)C=C(c1cccc(Cl)c1)c1ccccc1S2. The van der Waals surface area contributed by atoms with Gasteiger partial charge < -0.3 is 5.32 Å². The molecule has 3 aromatic rings. The Kier molecular flexibility index (Phi) is 6.31. The predicted octanol–water partition coefficient (Wildman–Crippen LogP) is 7.17. The molecule has 1 aliphatic heterocycles. The van der Waals surface area contributed by atoms with Gasteiger partial charge in [0.2, 0.25) is 0 Å². The van der Waals surface area contributed by atoms with Gasteiger partial charge in [-0.3, -0.25) is 4.79 Å². The highest BCUT2D eigenvalue weighted by atomic mass is 35.5. The molecule has 152 valence electrons. The van der Waals surface area contributed by atoms with Gasteiger partial charge in [0.05, 0.1) is 0 Å². The molecule has 4 heteroatoms. The first-order valence-corrected chi connectivity index (χ1v) is 11.4. The van der Waals surface area contributed by atoms with E-state index in [1.165, 1.54) is 10.5 Å². The number of amides is 1. The Morgan fingerprint density at radius 1 is 1.00 bits per heavy atom. The minimum atomic E-state index is -0.0251. The minimum Gasteiger partial charge on any atom is -0.352 e. The van der Waals surface area contributed by atoms with Crippen LogP contribution in [-0.2, 0) is 0 Å². The standard InChI is InChI=1S/C26H24ClNOS/c1-17(2)12-13-28-26(29)19-10-11-24-20(14-19)16-23(18-6-5-7-21(27)15-18)22-8-3-4-9-25(22)30-24/h3-11,14-17H,12-13H2,1-2H3,(H,28,29). The highest BCUT2D eigenvalue weighted by Gasteiger charge is 2.18. The van der Waals surface area contributed by atoms with Gasteiger partial charge in [-0.2, -0.15) is 0 Å². The summed E-state index contributed by atoms with van der Waals surface area (Å²) in [4.78, 5) is 15.0. The van der Waals surface area contributed by atoms with Gasteiger partial charge in [0.15, 0.2) is 0 Å². The molecule has 0 saturated carbocycles. The number of fused-ring (bicyclic) bond motifs is 2. The van der Waals surface area contributed by atoms with E-state index < -0.39 is 0 Å². The average Bonchev–Trinajstić information content (AvgIpc) is 2.89. The first-order valence-electron chi connectivity index (χ1n) is 10.2. The molecular formula is C26H24ClNOS. The lowest BCUT2D eigenvalue weighted by molar-refractivity contribution is 0.0952. The van der Waals surface area contributed by atoms with Crippen LogP contribution in [0.3, 0.4) is 0 Å². The maximum absolute atomic E-state index is 12.7. The van der Waals surface area contributed by atoms with E-state index in [-0.39, 0.29) is 5.91 Å². The van der Waals surface area contributed by atoms with Crippen molar-refractivity contribution in [2.45, 2.75) is 30.1 Å². The monoisotopic (exact) mass is 433 g/mol. The number of hydrogen-bond acceptors (Lipinski definition) is 2. The molecule has 4 rings (SSSR count). The van der Waals surface area contributed by atoms with Gasteiger partial charge in [-0.15, -0.1) is 0 Å². The van der Waals surface area contributed by atoms with E-state index in [0.29, 0.717) is 23.0 Å². The fourth-order valence-corrected chi connectivity index (χ4v) is 4.73. The Labute approximate surface area is 187 Å². The average molecular weight is 434 g/mol. The van der Waals surface area contributed by atoms with Crippen LogP contribution >= 0.6 is 23.4 Å². The summed E-state index contributed by atoms with van der Waals surface area (Å²) in [5.74, 6) is 0.540. The fraction of sp³-hybridized carbons (Fsp3) is 0.192. The van der Waals surface area contributed by atoms with Gasteiger partial charge in [0.25, 0.3) is 5.91 Å². The van der Waals surface area contributed by atoms with E-state index in [1.807, 2.05) is 36.4 Å². The lowest BCUT2D eigenvalue weighted by Crippen LogP contribution is -2.25. The van der Waals surface area contributed by atoms with Crippen LogP contribution in [-0.4, -0.2) is 12.5 Å². The molecule has 0 saturated heterocycles. The zero-order chi connectivity index (χ0) is 21.1. The van der Waals surface area contributed by atoms with Crippen LogP contribution in [0.5, 0.6) is 0 Å². The number of carbonyl (C=O) groups is 1. The highest BCUT2D eigenvalue weighted by Crippen LogP contribution is 2.43. The smallest absolute Gasteiger partial charge is 0.251 e. The Bertz CT molecular complexity index is 1120. The lowest BCUT2D eigenvalue weighted by atomic mass is 9.95. The van der Waals surface area contributed by atoms with E-state index >= 15 is 0 Å². The van der Waals surface area contributed by atoms with Crippen molar-refractivity contribution in [2.24, 2.45) is 5.92 Å². The van der Waals surface area contributed by atoms with E-state index in [1.54, 1.807) is 11.8 Å². The number of nitrogens with one attached hydrogen (secondary N) is 1. The van der Waals surface area contributed by atoms with Crippen LogP contribution in [0.1, 0.15) is 47.3 Å². The number of hydrogen-bond donors (Lipinski definition) is 1. The third-order valence-corrected chi connectivity index (χ3v) is 6.51. The van der Waals surface area contributed by atoms with Crippen LogP contribution in [0.4, 0.5) is 0 Å². The van der Waals surface area contributed by atoms with E-state index in [4.69, 9.17) is 11.6 Å². The first kappa shape index (κ1) is 20.8.